The van der Waals surface area contributed by atoms with Crippen molar-refractivity contribution in [3.05, 3.63) is 77.4 Å². The van der Waals surface area contributed by atoms with E-state index in [2.05, 4.69) is 62.8 Å². The van der Waals surface area contributed by atoms with Crippen LogP contribution in [0.2, 0.25) is 0 Å². The number of hydrogen-bond donors (Lipinski definition) is 2. The van der Waals surface area contributed by atoms with Crippen molar-refractivity contribution in [3.8, 4) is 35.6 Å². The molecule has 2 aromatic carbocycles. The van der Waals surface area contributed by atoms with E-state index in [-0.39, 0.29) is 12.6 Å². The SMILES string of the molecule is C#CCNc1nc(NC2CCN(Cc3ccccc3)CC2)c(C#N)c(-c2ccccc2)c1C#N. The predicted octanol–water partition coefficient (Wildman–Crippen LogP) is 4.61. The molecule has 2 heterocycles. The van der Waals surface area contributed by atoms with Crippen molar-refractivity contribution < 1.29 is 0 Å². The standard InChI is InChI=1S/C28H26N6/c1-2-15-31-27-24(18-29)26(22-11-7-4-8-12-22)25(19-30)28(33-27)32-23-13-16-34(17-14-23)20-21-9-5-3-6-10-21/h1,3-12,23H,13-17,20H2,(H2,31,32,33). The monoisotopic (exact) mass is 446 g/mol. The smallest absolute Gasteiger partial charge is 0.147 e. The number of piperidine rings is 1. The molecule has 1 fully saturated rings. The Labute approximate surface area is 200 Å². The molecule has 0 saturated carbocycles. The fourth-order valence-corrected chi connectivity index (χ4v) is 4.33. The zero-order valence-electron chi connectivity index (χ0n) is 19.0. The van der Waals surface area contributed by atoms with E-state index >= 15 is 0 Å². The molecule has 4 rings (SSSR count). The first kappa shape index (κ1) is 22.9. The minimum absolute atomic E-state index is 0.184. The predicted molar refractivity (Wildman–Crippen MR) is 135 cm³/mol. The topological polar surface area (TPSA) is 87.8 Å². The van der Waals surface area contributed by atoms with E-state index in [1.165, 1.54) is 5.56 Å². The second-order valence-corrected chi connectivity index (χ2v) is 8.26. The van der Waals surface area contributed by atoms with Crippen LogP contribution in [0.25, 0.3) is 11.1 Å². The van der Waals surface area contributed by atoms with Crippen LogP contribution in [0, 0.1) is 35.0 Å². The normalized spacial score (nSPS) is 13.9. The molecule has 168 valence electrons. The molecule has 0 radical (unpaired) electrons. The molecule has 1 saturated heterocycles. The van der Waals surface area contributed by atoms with E-state index in [9.17, 15) is 10.5 Å². The lowest BCUT2D eigenvalue weighted by Gasteiger charge is -2.33. The average Bonchev–Trinajstić information content (AvgIpc) is 2.89. The van der Waals surface area contributed by atoms with Gasteiger partial charge in [-0.1, -0.05) is 66.6 Å². The number of rotatable bonds is 7. The second-order valence-electron chi connectivity index (χ2n) is 8.26. The van der Waals surface area contributed by atoms with Gasteiger partial charge in [0.05, 0.1) is 6.54 Å². The molecule has 34 heavy (non-hydrogen) atoms. The van der Waals surface area contributed by atoms with Crippen molar-refractivity contribution >= 4 is 11.6 Å². The molecule has 1 aromatic heterocycles. The Kier molecular flexibility index (Phi) is 7.41. The Balaban J connectivity index is 1.60. The fraction of sp³-hybridized carbons (Fsp3) is 0.250. The molecule has 0 unspecified atom stereocenters. The third kappa shape index (κ3) is 5.18. The first-order valence-electron chi connectivity index (χ1n) is 11.4. The summed E-state index contributed by atoms with van der Waals surface area (Å²) in [7, 11) is 0. The average molecular weight is 447 g/mol. The molecule has 0 spiro atoms. The highest BCUT2D eigenvalue weighted by atomic mass is 15.2. The van der Waals surface area contributed by atoms with Crippen molar-refractivity contribution in [1.82, 2.24) is 9.88 Å². The summed E-state index contributed by atoms with van der Waals surface area (Å²) in [6.45, 7) is 3.08. The van der Waals surface area contributed by atoms with Gasteiger partial charge in [-0.3, -0.25) is 4.90 Å². The van der Waals surface area contributed by atoms with E-state index in [1.54, 1.807) is 0 Å². The summed E-state index contributed by atoms with van der Waals surface area (Å²) in [6.07, 6.45) is 7.31. The van der Waals surface area contributed by atoms with Crippen molar-refractivity contribution in [2.45, 2.75) is 25.4 Å². The number of pyridine rings is 1. The van der Waals surface area contributed by atoms with E-state index < -0.39 is 0 Å². The fourth-order valence-electron chi connectivity index (χ4n) is 4.33. The number of likely N-dealkylation sites (tertiary alicyclic amines) is 1. The molecule has 6 heteroatoms. The Morgan fingerprint density at radius 1 is 0.912 bits per heavy atom. The quantitative estimate of drug-likeness (QED) is 0.515. The number of anilines is 2. The number of aromatic nitrogens is 1. The van der Waals surface area contributed by atoms with E-state index in [4.69, 9.17) is 6.42 Å². The van der Waals surface area contributed by atoms with Gasteiger partial charge >= 0.3 is 0 Å². The highest BCUT2D eigenvalue weighted by Gasteiger charge is 2.25. The number of nitriles is 2. The summed E-state index contributed by atoms with van der Waals surface area (Å²) < 4.78 is 0. The summed E-state index contributed by atoms with van der Waals surface area (Å²) in [4.78, 5) is 7.09. The van der Waals surface area contributed by atoms with Crippen LogP contribution >= 0.6 is 0 Å². The molecule has 0 atom stereocenters. The van der Waals surface area contributed by atoms with Crippen LogP contribution in [0.4, 0.5) is 11.6 Å². The summed E-state index contributed by atoms with van der Waals surface area (Å²) >= 11 is 0. The first-order valence-corrected chi connectivity index (χ1v) is 11.4. The van der Waals surface area contributed by atoms with Crippen molar-refractivity contribution in [3.63, 3.8) is 0 Å². The molecule has 6 nitrogen and oxygen atoms in total. The van der Waals surface area contributed by atoms with Crippen LogP contribution in [0.5, 0.6) is 0 Å². The van der Waals surface area contributed by atoms with Crippen LogP contribution in [-0.4, -0.2) is 35.6 Å². The Morgan fingerprint density at radius 3 is 2.15 bits per heavy atom. The largest absolute Gasteiger partial charge is 0.366 e. The summed E-state index contributed by atoms with van der Waals surface area (Å²) in [5.41, 5.74) is 3.37. The minimum atomic E-state index is 0.184. The number of nitrogens with zero attached hydrogens (tertiary/aromatic N) is 4. The molecule has 3 aromatic rings. The second kappa shape index (κ2) is 11.0. The number of terminal acetylenes is 1. The van der Waals surface area contributed by atoms with Crippen molar-refractivity contribution in [1.29, 1.82) is 10.5 Å². The zero-order chi connectivity index (χ0) is 23.8. The Morgan fingerprint density at radius 2 is 1.53 bits per heavy atom. The van der Waals surface area contributed by atoms with Gasteiger partial charge in [0.25, 0.3) is 0 Å². The van der Waals surface area contributed by atoms with Crippen molar-refractivity contribution in [2.24, 2.45) is 0 Å². The van der Waals surface area contributed by atoms with Gasteiger partial charge in [0.15, 0.2) is 0 Å². The summed E-state index contributed by atoms with van der Waals surface area (Å²) in [6, 6.07) is 24.7. The van der Waals surface area contributed by atoms with Gasteiger partial charge in [0.1, 0.15) is 34.9 Å². The van der Waals surface area contributed by atoms with Gasteiger partial charge in [0, 0.05) is 31.2 Å². The number of hydrogen-bond acceptors (Lipinski definition) is 6. The number of nitrogens with one attached hydrogen (secondary N) is 2. The Hall–Kier alpha value is -4.31. The maximum absolute atomic E-state index is 10.1. The van der Waals surface area contributed by atoms with Gasteiger partial charge in [-0.25, -0.2) is 4.98 Å². The molecular weight excluding hydrogens is 420 g/mol. The molecule has 0 amide bonds. The first-order chi connectivity index (χ1) is 16.7. The Bertz CT molecular complexity index is 1240. The van der Waals surface area contributed by atoms with Crippen LogP contribution in [-0.2, 0) is 6.54 Å². The third-order valence-corrected chi connectivity index (χ3v) is 6.02. The molecule has 2 N–H and O–H groups in total. The highest BCUT2D eigenvalue weighted by Crippen LogP contribution is 2.35. The lowest BCUT2D eigenvalue weighted by atomic mass is 9.95. The molecule has 0 aliphatic carbocycles. The summed E-state index contributed by atoms with van der Waals surface area (Å²) in [5.74, 6) is 3.41. The van der Waals surface area contributed by atoms with Crippen LogP contribution < -0.4 is 10.6 Å². The van der Waals surface area contributed by atoms with Gasteiger partial charge in [-0.05, 0) is 24.0 Å². The zero-order valence-corrected chi connectivity index (χ0v) is 19.0. The van der Waals surface area contributed by atoms with Crippen LogP contribution in [0.3, 0.4) is 0 Å². The lowest BCUT2D eigenvalue weighted by molar-refractivity contribution is 0.211. The van der Waals surface area contributed by atoms with E-state index in [1.807, 2.05) is 36.4 Å². The van der Waals surface area contributed by atoms with Gasteiger partial charge in [-0.15, -0.1) is 6.42 Å². The summed E-state index contributed by atoms with van der Waals surface area (Å²) in [5, 5.41) is 26.6. The maximum atomic E-state index is 10.1. The maximum Gasteiger partial charge on any atom is 0.147 e. The molecule has 0 bridgehead atoms. The third-order valence-electron chi connectivity index (χ3n) is 6.02. The highest BCUT2D eigenvalue weighted by molar-refractivity contribution is 5.85. The number of benzene rings is 2. The van der Waals surface area contributed by atoms with Crippen LogP contribution in [0.1, 0.15) is 29.5 Å². The molecule has 1 aliphatic rings. The van der Waals surface area contributed by atoms with Gasteiger partial charge in [0.2, 0.25) is 0 Å². The van der Waals surface area contributed by atoms with Gasteiger partial charge in [-0.2, -0.15) is 10.5 Å². The van der Waals surface area contributed by atoms with E-state index in [0.717, 1.165) is 38.0 Å². The van der Waals surface area contributed by atoms with Crippen molar-refractivity contribution in [2.75, 3.05) is 30.3 Å². The lowest BCUT2D eigenvalue weighted by Crippen LogP contribution is -2.39. The molecule has 1 aliphatic heterocycles. The van der Waals surface area contributed by atoms with Crippen LogP contribution in [0.15, 0.2) is 60.7 Å². The molecular formula is C28H26N6. The van der Waals surface area contributed by atoms with Gasteiger partial charge < -0.3 is 10.6 Å². The minimum Gasteiger partial charge on any atom is -0.366 e. The van der Waals surface area contributed by atoms with E-state index in [0.29, 0.717) is 28.3 Å².